The van der Waals surface area contributed by atoms with E-state index >= 15 is 0 Å². The summed E-state index contributed by atoms with van der Waals surface area (Å²) in [5, 5.41) is 3.32. The van der Waals surface area contributed by atoms with E-state index in [1.165, 1.54) is 12.8 Å². The van der Waals surface area contributed by atoms with Gasteiger partial charge in [0.2, 0.25) is 5.91 Å². The van der Waals surface area contributed by atoms with Crippen LogP contribution in [0.4, 0.5) is 0 Å². The van der Waals surface area contributed by atoms with Crippen molar-refractivity contribution in [2.45, 2.75) is 77.9 Å². The van der Waals surface area contributed by atoms with Crippen molar-refractivity contribution in [3.63, 3.8) is 0 Å². The normalized spacial score (nSPS) is 18.8. The number of hydrogen-bond donors (Lipinski definition) is 2. The van der Waals surface area contributed by atoms with Crippen molar-refractivity contribution in [1.82, 2.24) is 10.2 Å². The maximum absolute atomic E-state index is 11.7. The first-order chi connectivity index (χ1) is 9.24. The maximum atomic E-state index is 11.7. The van der Waals surface area contributed by atoms with Gasteiger partial charge < -0.3 is 16.0 Å². The summed E-state index contributed by atoms with van der Waals surface area (Å²) in [7, 11) is 0. The van der Waals surface area contributed by atoms with Gasteiger partial charge in [-0.25, -0.2) is 0 Å². The van der Waals surface area contributed by atoms with Gasteiger partial charge in [0.1, 0.15) is 0 Å². The molecule has 0 spiro atoms. The van der Waals surface area contributed by atoms with Gasteiger partial charge in [0.15, 0.2) is 0 Å². The molecule has 4 heteroatoms. The lowest BCUT2D eigenvalue weighted by molar-refractivity contribution is -0.124. The highest BCUT2D eigenvalue weighted by Crippen LogP contribution is 2.28. The number of nitrogens with one attached hydrogen (secondary N) is 1. The van der Waals surface area contributed by atoms with Crippen LogP contribution >= 0.6 is 0 Å². The molecule has 1 saturated carbocycles. The zero-order valence-corrected chi connectivity index (χ0v) is 13.9. The minimum Gasteiger partial charge on any atom is -0.368 e. The van der Waals surface area contributed by atoms with Crippen molar-refractivity contribution in [1.29, 1.82) is 0 Å². The third-order valence-corrected chi connectivity index (χ3v) is 3.94. The summed E-state index contributed by atoms with van der Waals surface area (Å²) >= 11 is 0. The molecule has 3 N–H and O–H groups in total. The summed E-state index contributed by atoms with van der Waals surface area (Å²) in [6, 6.07) is 1.05. The topological polar surface area (TPSA) is 58.4 Å². The Hall–Kier alpha value is -0.610. The van der Waals surface area contributed by atoms with Gasteiger partial charge in [-0.1, -0.05) is 13.8 Å². The lowest BCUT2D eigenvalue weighted by Crippen LogP contribution is -2.55. The second-order valence-corrected chi connectivity index (χ2v) is 7.22. The van der Waals surface area contributed by atoms with E-state index < -0.39 is 5.54 Å². The Kier molecular flexibility index (Phi) is 6.46. The molecule has 4 nitrogen and oxygen atoms in total. The van der Waals surface area contributed by atoms with Crippen LogP contribution in [0.25, 0.3) is 0 Å². The van der Waals surface area contributed by atoms with Crippen molar-refractivity contribution >= 4 is 5.91 Å². The Morgan fingerprint density at radius 3 is 2.35 bits per heavy atom. The number of carbonyl (C=O) groups is 1. The van der Waals surface area contributed by atoms with Gasteiger partial charge in [-0.05, 0) is 58.9 Å². The van der Waals surface area contributed by atoms with Crippen LogP contribution in [-0.2, 0) is 4.79 Å². The van der Waals surface area contributed by atoms with Gasteiger partial charge in [0, 0.05) is 18.6 Å². The van der Waals surface area contributed by atoms with Gasteiger partial charge in [0.25, 0.3) is 0 Å². The molecule has 1 aliphatic rings. The third-order valence-electron chi connectivity index (χ3n) is 3.94. The largest absolute Gasteiger partial charge is 0.368 e. The SMILES string of the molecule is CC(C)CN(CCCC(C)(NC(C)C)C(N)=O)C1CC1. The molecule has 0 aromatic heterocycles. The van der Waals surface area contributed by atoms with Crippen LogP contribution in [0, 0.1) is 5.92 Å². The summed E-state index contributed by atoms with van der Waals surface area (Å²) in [4.78, 5) is 14.3. The standard InChI is InChI=1S/C16H33N3O/c1-12(2)11-19(14-7-8-14)10-6-9-16(5,15(17)20)18-13(3)4/h12-14,18H,6-11H2,1-5H3,(H2,17,20). The second kappa shape index (κ2) is 7.41. The van der Waals surface area contributed by atoms with Crippen molar-refractivity contribution in [3.05, 3.63) is 0 Å². The summed E-state index contributed by atoms with van der Waals surface area (Å²) in [6.45, 7) is 12.8. The van der Waals surface area contributed by atoms with E-state index in [0.29, 0.717) is 5.92 Å². The molecular formula is C16H33N3O. The molecule has 0 heterocycles. The Balaban J connectivity index is 2.44. The van der Waals surface area contributed by atoms with E-state index in [-0.39, 0.29) is 11.9 Å². The summed E-state index contributed by atoms with van der Waals surface area (Å²) in [5.41, 5.74) is 4.99. The number of amides is 1. The quantitative estimate of drug-likeness (QED) is 0.646. The van der Waals surface area contributed by atoms with Gasteiger partial charge in [-0.3, -0.25) is 4.79 Å². The molecular weight excluding hydrogens is 250 g/mol. The average Bonchev–Trinajstić information content (AvgIpc) is 3.09. The lowest BCUT2D eigenvalue weighted by Gasteiger charge is -2.31. The lowest BCUT2D eigenvalue weighted by atomic mass is 9.93. The molecule has 1 amide bonds. The number of nitrogens with zero attached hydrogens (tertiary/aromatic N) is 1. The third kappa shape index (κ3) is 5.80. The van der Waals surface area contributed by atoms with Crippen molar-refractivity contribution in [2.75, 3.05) is 13.1 Å². The van der Waals surface area contributed by atoms with Crippen LogP contribution in [-0.4, -0.2) is 41.5 Å². The van der Waals surface area contributed by atoms with Crippen LogP contribution in [0.3, 0.4) is 0 Å². The van der Waals surface area contributed by atoms with Crippen LogP contribution in [0.5, 0.6) is 0 Å². The molecule has 118 valence electrons. The van der Waals surface area contributed by atoms with Crippen molar-refractivity contribution in [3.8, 4) is 0 Å². The van der Waals surface area contributed by atoms with E-state index in [1.54, 1.807) is 0 Å². The molecule has 1 rings (SSSR count). The molecule has 0 bridgehead atoms. The Labute approximate surface area is 124 Å². The molecule has 1 atom stereocenters. The smallest absolute Gasteiger partial charge is 0.237 e. The number of carbonyl (C=O) groups excluding carboxylic acids is 1. The van der Waals surface area contributed by atoms with Crippen LogP contribution in [0.15, 0.2) is 0 Å². The van der Waals surface area contributed by atoms with Crippen LogP contribution in [0.1, 0.15) is 60.3 Å². The summed E-state index contributed by atoms with van der Waals surface area (Å²) in [5.74, 6) is 0.458. The predicted octanol–water partition coefficient (Wildman–Crippen LogP) is 2.13. The summed E-state index contributed by atoms with van der Waals surface area (Å²) < 4.78 is 0. The molecule has 0 aromatic carbocycles. The van der Waals surface area contributed by atoms with E-state index in [1.807, 2.05) is 6.92 Å². The zero-order chi connectivity index (χ0) is 15.3. The van der Waals surface area contributed by atoms with E-state index in [9.17, 15) is 4.79 Å². The Bertz CT molecular complexity index is 313. The molecule has 0 radical (unpaired) electrons. The molecule has 1 unspecified atom stereocenters. The molecule has 0 aromatic rings. The number of rotatable bonds is 10. The fourth-order valence-corrected chi connectivity index (χ4v) is 2.87. The van der Waals surface area contributed by atoms with Crippen LogP contribution < -0.4 is 11.1 Å². The number of primary amides is 1. The van der Waals surface area contributed by atoms with Gasteiger partial charge in [-0.15, -0.1) is 0 Å². The second-order valence-electron chi connectivity index (χ2n) is 7.22. The fourth-order valence-electron chi connectivity index (χ4n) is 2.87. The first-order valence-corrected chi connectivity index (χ1v) is 8.06. The minimum absolute atomic E-state index is 0.243. The van der Waals surface area contributed by atoms with Gasteiger partial charge >= 0.3 is 0 Å². The molecule has 1 aliphatic carbocycles. The predicted molar refractivity (Wildman–Crippen MR) is 84.5 cm³/mol. The first-order valence-electron chi connectivity index (χ1n) is 8.06. The first kappa shape index (κ1) is 17.4. The molecule has 1 fully saturated rings. The zero-order valence-electron chi connectivity index (χ0n) is 13.9. The molecule has 0 aliphatic heterocycles. The highest BCUT2D eigenvalue weighted by atomic mass is 16.1. The van der Waals surface area contributed by atoms with Crippen molar-refractivity contribution < 1.29 is 4.79 Å². The minimum atomic E-state index is -0.582. The Morgan fingerprint density at radius 2 is 1.95 bits per heavy atom. The molecule has 20 heavy (non-hydrogen) atoms. The van der Waals surface area contributed by atoms with E-state index in [4.69, 9.17) is 5.73 Å². The van der Waals surface area contributed by atoms with Gasteiger partial charge in [-0.2, -0.15) is 0 Å². The fraction of sp³-hybridized carbons (Fsp3) is 0.938. The van der Waals surface area contributed by atoms with E-state index in [0.717, 1.165) is 32.0 Å². The monoisotopic (exact) mass is 283 g/mol. The average molecular weight is 283 g/mol. The Morgan fingerprint density at radius 1 is 1.35 bits per heavy atom. The van der Waals surface area contributed by atoms with Crippen molar-refractivity contribution in [2.24, 2.45) is 11.7 Å². The van der Waals surface area contributed by atoms with E-state index in [2.05, 4.69) is 37.9 Å². The number of hydrogen-bond acceptors (Lipinski definition) is 3. The highest BCUT2D eigenvalue weighted by Gasteiger charge is 2.33. The highest BCUT2D eigenvalue weighted by molar-refractivity contribution is 5.84. The molecule has 0 saturated heterocycles. The maximum Gasteiger partial charge on any atom is 0.237 e. The number of nitrogens with two attached hydrogens (primary N) is 1. The summed E-state index contributed by atoms with van der Waals surface area (Å²) in [6.07, 6.45) is 4.50. The van der Waals surface area contributed by atoms with Gasteiger partial charge in [0.05, 0.1) is 5.54 Å². The van der Waals surface area contributed by atoms with Crippen LogP contribution in [0.2, 0.25) is 0 Å².